The number of methoxy groups -OCH3 is 1. The third-order valence-electron chi connectivity index (χ3n) is 1.50. The molecule has 0 spiro atoms. The van der Waals surface area contributed by atoms with Crippen molar-refractivity contribution in [3.63, 3.8) is 0 Å². The average Bonchev–Trinajstić information content (AvgIpc) is 2.17. The molecule has 0 atom stereocenters. The molecule has 1 aromatic rings. The van der Waals surface area contributed by atoms with Crippen molar-refractivity contribution in [2.75, 3.05) is 21.0 Å². The summed E-state index contributed by atoms with van der Waals surface area (Å²) >= 11 is 0. The Bertz CT molecular complexity index is 236. The van der Waals surface area contributed by atoms with Gasteiger partial charge in [0.1, 0.15) is 5.75 Å². The van der Waals surface area contributed by atoms with Crippen LogP contribution in [0.1, 0.15) is 5.69 Å². The Morgan fingerprint density at radius 2 is 2.31 bits per heavy atom. The summed E-state index contributed by atoms with van der Waals surface area (Å²) in [6, 6.07) is 3.79. The van der Waals surface area contributed by atoms with E-state index in [1.54, 1.807) is 13.3 Å². The Labute approximate surface area is 77.9 Å². The lowest BCUT2D eigenvalue weighted by molar-refractivity contribution is 0.0508. The number of nitrogens with zero attached hydrogens (tertiary/aromatic N) is 1. The highest BCUT2D eigenvalue weighted by Gasteiger charge is 1.94. The molecule has 0 bridgehead atoms. The SMILES string of the molecule is CNCc1ccc(OCOC)cn1. The van der Waals surface area contributed by atoms with Gasteiger partial charge in [-0.3, -0.25) is 4.98 Å². The van der Waals surface area contributed by atoms with E-state index in [-0.39, 0.29) is 6.79 Å². The van der Waals surface area contributed by atoms with Crippen molar-refractivity contribution in [2.45, 2.75) is 6.54 Å². The molecule has 0 fully saturated rings. The Morgan fingerprint density at radius 3 is 2.85 bits per heavy atom. The molecular formula is C9H14N2O2. The third-order valence-corrected chi connectivity index (χ3v) is 1.50. The first-order chi connectivity index (χ1) is 6.36. The predicted octanol–water partition coefficient (Wildman–Crippen LogP) is 0.784. The zero-order valence-electron chi connectivity index (χ0n) is 7.91. The Morgan fingerprint density at radius 1 is 1.46 bits per heavy atom. The van der Waals surface area contributed by atoms with E-state index in [0.717, 1.165) is 18.0 Å². The van der Waals surface area contributed by atoms with Crippen LogP contribution in [0.15, 0.2) is 18.3 Å². The fraction of sp³-hybridized carbons (Fsp3) is 0.444. The zero-order chi connectivity index (χ0) is 9.52. The van der Waals surface area contributed by atoms with Gasteiger partial charge in [-0.05, 0) is 19.2 Å². The number of hydrogen-bond donors (Lipinski definition) is 1. The third kappa shape index (κ3) is 3.40. The molecule has 0 saturated heterocycles. The van der Waals surface area contributed by atoms with Crippen LogP contribution in [-0.2, 0) is 11.3 Å². The standard InChI is InChI=1S/C9H14N2O2/c1-10-5-8-3-4-9(6-11-8)13-7-12-2/h3-4,6,10H,5,7H2,1-2H3. The molecule has 72 valence electrons. The average molecular weight is 182 g/mol. The molecule has 0 aromatic carbocycles. The van der Waals surface area contributed by atoms with Gasteiger partial charge in [-0.15, -0.1) is 0 Å². The second kappa shape index (κ2) is 5.50. The van der Waals surface area contributed by atoms with Gasteiger partial charge in [-0.1, -0.05) is 0 Å². The maximum absolute atomic E-state index is 5.18. The van der Waals surface area contributed by atoms with E-state index in [0.29, 0.717) is 0 Å². The summed E-state index contributed by atoms with van der Waals surface area (Å²) in [7, 11) is 3.47. The highest BCUT2D eigenvalue weighted by molar-refractivity contribution is 5.19. The predicted molar refractivity (Wildman–Crippen MR) is 49.5 cm³/mol. The summed E-state index contributed by atoms with van der Waals surface area (Å²) in [6.07, 6.45) is 1.69. The summed E-state index contributed by atoms with van der Waals surface area (Å²) in [5, 5.41) is 3.02. The van der Waals surface area contributed by atoms with Crippen LogP contribution >= 0.6 is 0 Å². The molecule has 0 unspecified atom stereocenters. The first-order valence-electron chi connectivity index (χ1n) is 4.08. The number of hydrogen-bond acceptors (Lipinski definition) is 4. The van der Waals surface area contributed by atoms with E-state index in [9.17, 15) is 0 Å². The van der Waals surface area contributed by atoms with Gasteiger partial charge in [0.15, 0.2) is 6.79 Å². The van der Waals surface area contributed by atoms with Gasteiger partial charge in [-0.25, -0.2) is 0 Å². The van der Waals surface area contributed by atoms with Crippen molar-refractivity contribution in [1.29, 1.82) is 0 Å². The van der Waals surface area contributed by atoms with Crippen LogP contribution in [0.5, 0.6) is 5.75 Å². The monoisotopic (exact) mass is 182 g/mol. The number of nitrogens with one attached hydrogen (secondary N) is 1. The highest BCUT2D eigenvalue weighted by Crippen LogP contribution is 2.08. The molecule has 4 heteroatoms. The zero-order valence-corrected chi connectivity index (χ0v) is 7.91. The lowest BCUT2D eigenvalue weighted by atomic mass is 10.3. The van der Waals surface area contributed by atoms with Crippen LogP contribution in [0.4, 0.5) is 0 Å². The summed E-state index contributed by atoms with van der Waals surface area (Å²) < 4.78 is 9.94. The lowest BCUT2D eigenvalue weighted by Gasteiger charge is -2.04. The minimum atomic E-state index is 0.257. The molecule has 1 rings (SSSR count). The van der Waals surface area contributed by atoms with E-state index < -0.39 is 0 Å². The molecule has 0 radical (unpaired) electrons. The van der Waals surface area contributed by atoms with Crippen LogP contribution in [0.2, 0.25) is 0 Å². The molecule has 1 heterocycles. The van der Waals surface area contributed by atoms with Gasteiger partial charge in [-0.2, -0.15) is 0 Å². The molecule has 4 nitrogen and oxygen atoms in total. The van der Waals surface area contributed by atoms with Gasteiger partial charge in [0.05, 0.1) is 11.9 Å². The van der Waals surface area contributed by atoms with Crippen molar-refractivity contribution in [3.8, 4) is 5.75 Å². The van der Waals surface area contributed by atoms with Gasteiger partial charge in [0.25, 0.3) is 0 Å². The summed E-state index contributed by atoms with van der Waals surface area (Å²) in [6.45, 7) is 1.03. The van der Waals surface area contributed by atoms with Crippen molar-refractivity contribution in [3.05, 3.63) is 24.0 Å². The quantitative estimate of drug-likeness (QED) is 0.683. The Kier molecular flexibility index (Phi) is 4.21. The van der Waals surface area contributed by atoms with Crippen LogP contribution < -0.4 is 10.1 Å². The Hall–Kier alpha value is -1.13. The number of rotatable bonds is 5. The minimum Gasteiger partial charge on any atom is -0.466 e. The van der Waals surface area contributed by atoms with Crippen LogP contribution in [-0.4, -0.2) is 25.9 Å². The van der Waals surface area contributed by atoms with E-state index >= 15 is 0 Å². The molecular weight excluding hydrogens is 168 g/mol. The molecule has 13 heavy (non-hydrogen) atoms. The summed E-state index contributed by atoms with van der Waals surface area (Å²) in [5.41, 5.74) is 0.993. The molecule has 0 aliphatic heterocycles. The number of pyridine rings is 1. The maximum Gasteiger partial charge on any atom is 0.188 e. The van der Waals surface area contributed by atoms with Crippen LogP contribution in [0.3, 0.4) is 0 Å². The summed E-state index contributed by atoms with van der Waals surface area (Å²) in [5.74, 6) is 0.724. The van der Waals surface area contributed by atoms with Crippen molar-refractivity contribution in [2.24, 2.45) is 0 Å². The highest BCUT2D eigenvalue weighted by atomic mass is 16.7. The van der Waals surface area contributed by atoms with Gasteiger partial charge in [0, 0.05) is 13.7 Å². The first kappa shape index (κ1) is 9.95. The van der Waals surface area contributed by atoms with Crippen molar-refractivity contribution >= 4 is 0 Å². The smallest absolute Gasteiger partial charge is 0.188 e. The lowest BCUT2D eigenvalue weighted by Crippen LogP contribution is -2.07. The van der Waals surface area contributed by atoms with Crippen molar-refractivity contribution < 1.29 is 9.47 Å². The van der Waals surface area contributed by atoms with Crippen LogP contribution in [0.25, 0.3) is 0 Å². The van der Waals surface area contributed by atoms with E-state index in [1.165, 1.54) is 0 Å². The minimum absolute atomic E-state index is 0.257. The normalized spacial score (nSPS) is 10.0. The first-order valence-corrected chi connectivity index (χ1v) is 4.08. The van der Waals surface area contributed by atoms with E-state index in [2.05, 4.69) is 10.3 Å². The second-order valence-electron chi connectivity index (χ2n) is 2.57. The van der Waals surface area contributed by atoms with Gasteiger partial charge >= 0.3 is 0 Å². The number of ether oxygens (including phenoxy) is 2. The molecule has 0 amide bonds. The van der Waals surface area contributed by atoms with E-state index in [1.807, 2.05) is 19.2 Å². The molecule has 1 aromatic heterocycles. The topological polar surface area (TPSA) is 43.4 Å². The fourth-order valence-corrected chi connectivity index (χ4v) is 0.909. The second-order valence-corrected chi connectivity index (χ2v) is 2.57. The largest absolute Gasteiger partial charge is 0.466 e. The van der Waals surface area contributed by atoms with Crippen LogP contribution in [0, 0.1) is 0 Å². The fourth-order valence-electron chi connectivity index (χ4n) is 0.909. The van der Waals surface area contributed by atoms with Gasteiger partial charge < -0.3 is 14.8 Å². The molecule has 0 aliphatic rings. The molecule has 0 saturated carbocycles. The summed E-state index contributed by atoms with van der Waals surface area (Å²) in [4.78, 5) is 4.18. The maximum atomic E-state index is 5.18. The van der Waals surface area contributed by atoms with Gasteiger partial charge in [0.2, 0.25) is 0 Å². The van der Waals surface area contributed by atoms with Crippen molar-refractivity contribution in [1.82, 2.24) is 10.3 Å². The molecule has 1 N–H and O–H groups in total. The Balaban J connectivity index is 2.48. The van der Waals surface area contributed by atoms with E-state index in [4.69, 9.17) is 9.47 Å². The molecule has 0 aliphatic carbocycles. The number of aromatic nitrogens is 1.